The van der Waals surface area contributed by atoms with Gasteiger partial charge in [0, 0.05) is 6.04 Å². The second-order valence-electron chi connectivity index (χ2n) is 4.74. The van der Waals surface area contributed by atoms with Gasteiger partial charge in [-0.1, -0.05) is 42.1 Å². The highest BCUT2D eigenvalue weighted by Gasteiger charge is 2.23. The van der Waals surface area contributed by atoms with Crippen molar-refractivity contribution in [1.82, 2.24) is 25.5 Å². The maximum Gasteiger partial charge on any atom is 0.230 e. The molecular formula is C13H15N5OS. The van der Waals surface area contributed by atoms with E-state index in [1.807, 2.05) is 30.3 Å². The van der Waals surface area contributed by atoms with Crippen LogP contribution < -0.4 is 5.32 Å². The van der Waals surface area contributed by atoms with Gasteiger partial charge < -0.3 is 5.32 Å². The molecule has 1 aliphatic carbocycles. The van der Waals surface area contributed by atoms with Gasteiger partial charge in [-0.15, -0.1) is 5.10 Å². The summed E-state index contributed by atoms with van der Waals surface area (Å²) in [4.78, 5) is 11.6. The molecule has 0 unspecified atom stereocenters. The van der Waals surface area contributed by atoms with Crippen LogP contribution in [0.15, 0.2) is 35.5 Å². The minimum Gasteiger partial charge on any atom is -0.353 e. The molecule has 1 amide bonds. The van der Waals surface area contributed by atoms with E-state index in [-0.39, 0.29) is 5.91 Å². The fourth-order valence-electron chi connectivity index (χ4n) is 1.78. The van der Waals surface area contributed by atoms with Gasteiger partial charge >= 0.3 is 0 Å². The second-order valence-corrected chi connectivity index (χ2v) is 5.68. The van der Waals surface area contributed by atoms with Gasteiger partial charge in [0.05, 0.1) is 12.3 Å². The molecule has 0 spiro atoms. The quantitative estimate of drug-likeness (QED) is 0.806. The molecule has 0 atom stereocenters. The molecule has 0 aliphatic heterocycles. The van der Waals surface area contributed by atoms with Crippen molar-refractivity contribution in [3.63, 3.8) is 0 Å². The molecule has 104 valence electrons. The summed E-state index contributed by atoms with van der Waals surface area (Å²) >= 11 is 1.37. The number of hydrogen-bond acceptors (Lipinski definition) is 5. The van der Waals surface area contributed by atoms with Crippen molar-refractivity contribution in [2.45, 2.75) is 30.6 Å². The molecule has 1 heterocycles. The third kappa shape index (κ3) is 3.57. The largest absolute Gasteiger partial charge is 0.353 e. The molecule has 0 radical (unpaired) electrons. The Bertz CT molecular complexity index is 581. The minimum atomic E-state index is 0.0479. The van der Waals surface area contributed by atoms with E-state index in [1.165, 1.54) is 11.8 Å². The van der Waals surface area contributed by atoms with Crippen LogP contribution in [0.1, 0.15) is 18.4 Å². The first-order chi connectivity index (χ1) is 9.81. The molecule has 1 aromatic carbocycles. The number of rotatable bonds is 6. The molecule has 20 heavy (non-hydrogen) atoms. The standard InChI is InChI=1S/C13H15N5OS/c19-12(14-11-6-7-11)9-20-13-15-16-17-18(13)8-10-4-2-1-3-5-10/h1-5,11H,6-9H2,(H,14,19). The highest BCUT2D eigenvalue weighted by molar-refractivity contribution is 7.99. The lowest BCUT2D eigenvalue weighted by Gasteiger charge is -2.05. The van der Waals surface area contributed by atoms with E-state index in [9.17, 15) is 4.79 Å². The van der Waals surface area contributed by atoms with E-state index in [2.05, 4.69) is 20.8 Å². The normalized spacial score (nSPS) is 14.2. The Hall–Kier alpha value is -1.89. The van der Waals surface area contributed by atoms with Crippen molar-refractivity contribution >= 4 is 17.7 Å². The molecule has 3 rings (SSSR count). The molecule has 6 nitrogen and oxygen atoms in total. The van der Waals surface area contributed by atoms with E-state index in [0.717, 1.165) is 18.4 Å². The van der Waals surface area contributed by atoms with Crippen LogP contribution in [-0.2, 0) is 11.3 Å². The Kier molecular flexibility index (Phi) is 3.96. The SMILES string of the molecule is O=C(CSc1nnnn1Cc1ccccc1)NC1CC1. The monoisotopic (exact) mass is 289 g/mol. The van der Waals surface area contributed by atoms with Gasteiger partial charge in [0.2, 0.25) is 11.1 Å². The third-order valence-electron chi connectivity index (χ3n) is 2.95. The molecule has 1 aliphatic rings. The number of tetrazole rings is 1. The highest BCUT2D eigenvalue weighted by atomic mass is 32.2. The van der Waals surface area contributed by atoms with Crippen molar-refractivity contribution in [1.29, 1.82) is 0 Å². The van der Waals surface area contributed by atoms with E-state index < -0.39 is 0 Å². The van der Waals surface area contributed by atoms with Gasteiger partial charge in [0.1, 0.15) is 0 Å². The van der Waals surface area contributed by atoms with E-state index in [1.54, 1.807) is 4.68 Å². The number of amides is 1. The average Bonchev–Trinajstić information content (AvgIpc) is 3.16. The van der Waals surface area contributed by atoms with Crippen LogP contribution in [0.3, 0.4) is 0 Å². The van der Waals surface area contributed by atoms with Crippen molar-refractivity contribution in [3.8, 4) is 0 Å². The van der Waals surface area contributed by atoms with Gasteiger partial charge in [0.25, 0.3) is 0 Å². The third-order valence-corrected chi connectivity index (χ3v) is 3.91. The van der Waals surface area contributed by atoms with Gasteiger partial charge in [-0.3, -0.25) is 4.79 Å². The van der Waals surface area contributed by atoms with E-state index in [4.69, 9.17) is 0 Å². The predicted octanol–water partition coefficient (Wildman–Crippen LogP) is 1.09. The number of nitrogens with one attached hydrogen (secondary N) is 1. The molecule has 2 aromatic rings. The Labute approximate surface area is 120 Å². The maximum atomic E-state index is 11.6. The van der Waals surface area contributed by atoms with Crippen LogP contribution >= 0.6 is 11.8 Å². The summed E-state index contributed by atoms with van der Waals surface area (Å²) in [5.74, 6) is 0.401. The van der Waals surface area contributed by atoms with Gasteiger partial charge in [-0.25, -0.2) is 4.68 Å². The first-order valence-electron chi connectivity index (χ1n) is 6.53. The maximum absolute atomic E-state index is 11.6. The Morgan fingerprint density at radius 3 is 2.90 bits per heavy atom. The lowest BCUT2D eigenvalue weighted by Crippen LogP contribution is -2.27. The summed E-state index contributed by atoms with van der Waals surface area (Å²) < 4.78 is 1.71. The molecule has 0 bridgehead atoms. The Morgan fingerprint density at radius 2 is 2.15 bits per heavy atom. The number of aromatic nitrogens is 4. The van der Waals surface area contributed by atoms with Crippen LogP contribution in [0.25, 0.3) is 0 Å². The smallest absolute Gasteiger partial charge is 0.230 e. The summed E-state index contributed by atoms with van der Waals surface area (Å²) in [6, 6.07) is 10.4. The fraction of sp³-hybridized carbons (Fsp3) is 0.385. The summed E-state index contributed by atoms with van der Waals surface area (Å²) in [5.41, 5.74) is 1.13. The van der Waals surface area contributed by atoms with Gasteiger partial charge in [0.15, 0.2) is 0 Å². The second kappa shape index (κ2) is 6.04. The van der Waals surface area contributed by atoms with E-state index in [0.29, 0.717) is 23.5 Å². The summed E-state index contributed by atoms with van der Waals surface area (Å²) in [7, 11) is 0. The van der Waals surface area contributed by atoms with Crippen molar-refractivity contribution in [2.75, 3.05) is 5.75 Å². The molecule has 1 aromatic heterocycles. The molecule has 7 heteroatoms. The van der Waals surface area contributed by atoms with Crippen molar-refractivity contribution in [2.24, 2.45) is 0 Å². The number of hydrogen-bond donors (Lipinski definition) is 1. The molecule has 1 saturated carbocycles. The fourth-order valence-corrected chi connectivity index (χ4v) is 2.47. The first kappa shape index (κ1) is 13.1. The molecule has 1 N–H and O–H groups in total. The first-order valence-corrected chi connectivity index (χ1v) is 7.52. The summed E-state index contributed by atoms with van der Waals surface area (Å²) in [6.07, 6.45) is 2.20. The van der Waals surface area contributed by atoms with Gasteiger partial charge in [-0.05, 0) is 28.8 Å². The molecule has 1 fully saturated rings. The van der Waals surface area contributed by atoms with Crippen LogP contribution in [0.5, 0.6) is 0 Å². The molecular weight excluding hydrogens is 274 g/mol. The van der Waals surface area contributed by atoms with Gasteiger partial charge in [-0.2, -0.15) is 0 Å². The number of carbonyl (C=O) groups excluding carboxylic acids is 1. The summed E-state index contributed by atoms with van der Waals surface area (Å²) in [5, 5.41) is 15.2. The van der Waals surface area contributed by atoms with E-state index >= 15 is 0 Å². The highest BCUT2D eigenvalue weighted by Crippen LogP contribution is 2.20. The van der Waals surface area contributed by atoms with Crippen LogP contribution in [0, 0.1) is 0 Å². The topological polar surface area (TPSA) is 72.7 Å². The lowest BCUT2D eigenvalue weighted by atomic mass is 10.2. The predicted molar refractivity (Wildman–Crippen MR) is 75.2 cm³/mol. The van der Waals surface area contributed by atoms with Crippen LogP contribution in [0.4, 0.5) is 0 Å². The number of carbonyl (C=O) groups is 1. The average molecular weight is 289 g/mol. The zero-order valence-electron chi connectivity index (χ0n) is 10.9. The number of thioether (sulfide) groups is 1. The summed E-state index contributed by atoms with van der Waals surface area (Å²) in [6.45, 7) is 0.612. The van der Waals surface area contributed by atoms with Crippen LogP contribution in [-0.4, -0.2) is 37.9 Å². The number of nitrogens with zero attached hydrogens (tertiary/aromatic N) is 4. The Morgan fingerprint density at radius 1 is 1.35 bits per heavy atom. The zero-order chi connectivity index (χ0) is 13.8. The number of benzene rings is 1. The molecule has 0 saturated heterocycles. The Balaban J connectivity index is 1.57. The van der Waals surface area contributed by atoms with Crippen molar-refractivity contribution < 1.29 is 4.79 Å². The van der Waals surface area contributed by atoms with Crippen molar-refractivity contribution in [3.05, 3.63) is 35.9 Å². The lowest BCUT2D eigenvalue weighted by molar-refractivity contribution is -0.118. The zero-order valence-corrected chi connectivity index (χ0v) is 11.7. The van der Waals surface area contributed by atoms with Crippen LogP contribution in [0.2, 0.25) is 0 Å². The minimum absolute atomic E-state index is 0.0479.